The monoisotopic (exact) mass is 433 g/mol. The topological polar surface area (TPSA) is 88.2 Å². The predicted molar refractivity (Wildman–Crippen MR) is 118 cm³/mol. The normalized spacial score (nSPS) is 12.2. The maximum Gasteiger partial charge on any atom is 0.296 e. The highest BCUT2D eigenvalue weighted by atomic mass is 35.5. The Morgan fingerprint density at radius 1 is 0.968 bits per heavy atom. The van der Waals surface area contributed by atoms with Gasteiger partial charge in [0.25, 0.3) is 17.6 Å². The molecule has 0 spiro atoms. The van der Waals surface area contributed by atoms with Crippen molar-refractivity contribution < 1.29 is 14.4 Å². The van der Waals surface area contributed by atoms with Crippen molar-refractivity contribution in [3.05, 3.63) is 93.8 Å². The number of carbonyl (C=O) groups excluding carboxylic acids is 3. The standard InChI is InChI=1S/C24H20ClN3O3/c25-21-13-18(9-10-20(21)23(30)27-14-19-6-1-2-11-26-19)28-24(31)22(29)17-8-7-15-4-3-5-16(15)12-17/h1-2,6-13H,3-5,14H2,(H,27,30)(H,28,31). The van der Waals surface area contributed by atoms with Gasteiger partial charge in [0.2, 0.25) is 0 Å². The summed E-state index contributed by atoms with van der Waals surface area (Å²) in [6, 6.07) is 15.3. The predicted octanol–water partition coefficient (Wildman–Crippen LogP) is 3.98. The van der Waals surface area contributed by atoms with Gasteiger partial charge < -0.3 is 10.6 Å². The lowest BCUT2D eigenvalue weighted by Crippen LogP contribution is -2.24. The maximum atomic E-state index is 12.5. The van der Waals surface area contributed by atoms with Gasteiger partial charge >= 0.3 is 0 Å². The minimum atomic E-state index is -0.749. The third-order valence-electron chi connectivity index (χ3n) is 5.19. The van der Waals surface area contributed by atoms with Gasteiger partial charge in [-0.1, -0.05) is 29.8 Å². The molecule has 0 bridgehead atoms. The fraction of sp³-hybridized carbons (Fsp3) is 0.167. The summed E-state index contributed by atoms with van der Waals surface area (Å²) in [5.41, 5.74) is 4.06. The number of nitrogens with one attached hydrogen (secondary N) is 2. The number of carbonyl (C=O) groups is 3. The average molecular weight is 434 g/mol. The van der Waals surface area contributed by atoms with Crippen molar-refractivity contribution in [3.63, 3.8) is 0 Å². The van der Waals surface area contributed by atoms with E-state index in [1.807, 2.05) is 12.1 Å². The second-order valence-electron chi connectivity index (χ2n) is 7.32. The van der Waals surface area contributed by atoms with Gasteiger partial charge in [-0.05, 0) is 66.8 Å². The first-order chi connectivity index (χ1) is 15.0. The molecule has 0 fully saturated rings. The molecular weight excluding hydrogens is 414 g/mol. The zero-order valence-corrected chi connectivity index (χ0v) is 17.4. The number of ketones is 1. The van der Waals surface area contributed by atoms with Crippen molar-refractivity contribution in [2.45, 2.75) is 25.8 Å². The third kappa shape index (κ3) is 4.81. The smallest absolute Gasteiger partial charge is 0.296 e. The zero-order chi connectivity index (χ0) is 21.8. The molecule has 1 aromatic heterocycles. The Hall–Kier alpha value is -3.51. The molecule has 0 atom stereocenters. The summed E-state index contributed by atoms with van der Waals surface area (Å²) >= 11 is 6.24. The van der Waals surface area contributed by atoms with Gasteiger partial charge in [-0.2, -0.15) is 0 Å². The molecule has 0 saturated carbocycles. The van der Waals surface area contributed by atoms with Crippen LogP contribution in [0.15, 0.2) is 60.8 Å². The number of anilines is 1. The highest BCUT2D eigenvalue weighted by Gasteiger charge is 2.20. The summed E-state index contributed by atoms with van der Waals surface area (Å²) in [5.74, 6) is -1.72. The lowest BCUT2D eigenvalue weighted by Gasteiger charge is -2.10. The molecule has 1 heterocycles. The van der Waals surface area contributed by atoms with Crippen LogP contribution < -0.4 is 10.6 Å². The Balaban J connectivity index is 1.40. The molecule has 1 aliphatic rings. The summed E-state index contributed by atoms with van der Waals surface area (Å²) < 4.78 is 0. The van der Waals surface area contributed by atoms with Crippen molar-refractivity contribution >= 4 is 34.9 Å². The molecule has 0 aliphatic heterocycles. The van der Waals surface area contributed by atoms with Crippen LogP contribution in [-0.2, 0) is 24.2 Å². The minimum Gasteiger partial charge on any atom is -0.346 e. The van der Waals surface area contributed by atoms with E-state index < -0.39 is 11.7 Å². The Morgan fingerprint density at radius 2 is 1.81 bits per heavy atom. The Kier molecular flexibility index (Phi) is 6.09. The van der Waals surface area contributed by atoms with Crippen LogP contribution in [0.5, 0.6) is 0 Å². The highest BCUT2D eigenvalue weighted by Crippen LogP contribution is 2.24. The van der Waals surface area contributed by atoms with Crippen LogP contribution in [0.3, 0.4) is 0 Å². The number of pyridine rings is 1. The lowest BCUT2D eigenvalue weighted by atomic mass is 10.0. The first-order valence-corrected chi connectivity index (χ1v) is 10.3. The first kappa shape index (κ1) is 20.8. The molecule has 156 valence electrons. The number of amides is 2. The number of Topliss-reactive ketones (excluding diaryl/α,β-unsaturated/α-hetero) is 1. The van der Waals surface area contributed by atoms with Crippen molar-refractivity contribution in [2.24, 2.45) is 0 Å². The average Bonchev–Trinajstić information content (AvgIpc) is 3.25. The molecule has 6 nitrogen and oxygen atoms in total. The van der Waals surface area contributed by atoms with Crippen LogP contribution in [0.2, 0.25) is 5.02 Å². The number of rotatable bonds is 6. The fourth-order valence-corrected chi connectivity index (χ4v) is 3.84. The number of halogens is 1. The maximum absolute atomic E-state index is 12.5. The summed E-state index contributed by atoms with van der Waals surface area (Å²) in [6.07, 6.45) is 4.66. The van der Waals surface area contributed by atoms with E-state index in [2.05, 4.69) is 15.6 Å². The quantitative estimate of drug-likeness (QED) is 0.454. The lowest BCUT2D eigenvalue weighted by molar-refractivity contribution is -0.112. The molecule has 2 aromatic carbocycles. The molecule has 4 rings (SSSR count). The van der Waals surface area contributed by atoms with Crippen LogP contribution in [-0.4, -0.2) is 22.6 Å². The van der Waals surface area contributed by atoms with E-state index in [4.69, 9.17) is 11.6 Å². The number of fused-ring (bicyclic) bond motifs is 1. The van der Waals surface area contributed by atoms with E-state index in [9.17, 15) is 14.4 Å². The molecule has 2 N–H and O–H groups in total. The van der Waals surface area contributed by atoms with Crippen molar-refractivity contribution in [1.82, 2.24) is 10.3 Å². The van der Waals surface area contributed by atoms with Crippen LogP contribution >= 0.6 is 11.6 Å². The summed E-state index contributed by atoms with van der Waals surface area (Å²) in [5, 5.41) is 5.48. The number of nitrogens with zero attached hydrogens (tertiary/aromatic N) is 1. The Morgan fingerprint density at radius 3 is 2.58 bits per heavy atom. The van der Waals surface area contributed by atoms with Gasteiger partial charge in [0.1, 0.15) is 0 Å². The molecule has 7 heteroatoms. The van der Waals surface area contributed by atoms with Crippen LogP contribution in [0.25, 0.3) is 0 Å². The molecule has 0 saturated heterocycles. The van der Waals surface area contributed by atoms with Crippen molar-refractivity contribution in [1.29, 1.82) is 0 Å². The second-order valence-corrected chi connectivity index (χ2v) is 7.73. The number of aryl methyl sites for hydroxylation is 2. The van der Waals surface area contributed by atoms with Gasteiger partial charge in [0.15, 0.2) is 0 Å². The molecule has 0 radical (unpaired) electrons. The summed E-state index contributed by atoms with van der Waals surface area (Å²) in [6.45, 7) is 0.268. The first-order valence-electron chi connectivity index (χ1n) is 9.96. The van der Waals surface area contributed by atoms with Crippen LogP contribution in [0, 0.1) is 0 Å². The van der Waals surface area contributed by atoms with E-state index in [0.717, 1.165) is 30.5 Å². The van der Waals surface area contributed by atoms with Gasteiger partial charge in [-0.15, -0.1) is 0 Å². The number of aromatic nitrogens is 1. The van der Waals surface area contributed by atoms with Crippen molar-refractivity contribution in [2.75, 3.05) is 5.32 Å². The van der Waals surface area contributed by atoms with E-state index in [1.54, 1.807) is 30.5 Å². The van der Waals surface area contributed by atoms with Crippen LogP contribution in [0.1, 0.15) is 44.0 Å². The number of hydrogen-bond donors (Lipinski definition) is 2. The zero-order valence-electron chi connectivity index (χ0n) is 16.7. The number of hydrogen-bond acceptors (Lipinski definition) is 4. The summed E-state index contributed by atoms with van der Waals surface area (Å²) in [7, 11) is 0. The van der Waals surface area contributed by atoms with Gasteiger partial charge in [0.05, 0.1) is 22.8 Å². The Bertz CT molecular complexity index is 1160. The summed E-state index contributed by atoms with van der Waals surface area (Å²) in [4.78, 5) is 41.5. The fourth-order valence-electron chi connectivity index (χ4n) is 3.58. The van der Waals surface area contributed by atoms with Gasteiger partial charge in [0, 0.05) is 17.4 Å². The van der Waals surface area contributed by atoms with E-state index >= 15 is 0 Å². The third-order valence-corrected chi connectivity index (χ3v) is 5.51. The highest BCUT2D eigenvalue weighted by molar-refractivity contribution is 6.46. The molecule has 0 unspecified atom stereocenters. The molecule has 3 aromatic rings. The SMILES string of the molecule is O=C(Nc1ccc(C(=O)NCc2ccccn2)c(Cl)c1)C(=O)c1ccc2c(c1)CCC2. The van der Waals surface area contributed by atoms with E-state index in [-0.39, 0.29) is 23.0 Å². The van der Waals surface area contributed by atoms with E-state index in [1.165, 1.54) is 23.8 Å². The number of benzene rings is 2. The minimum absolute atomic E-state index is 0.168. The molecular formula is C24H20ClN3O3. The van der Waals surface area contributed by atoms with Crippen molar-refractivity contribution in [3.8, 4) is 0 Å². The molecule has 31 heavy (non-hydrogen) atoms. The van der Waals surface area contributed by atoms with E-state index in [0.29, 0.717) is 11.3 Å². The Labute approximate surface area is 184 Å². The van der Waals surface area contributed by atoms with Gasteiger partial charge in [-0.3, -0.25) is 19.4 Å². The molecule has 1 aliphatic carbocycles. The second kappa shape index (κ2) is 9.10. The largest absolute Gasteiger partial charge is 0.346 e. The van der Waals surface area contributed by atoms with Gasteiger partial charge in [-0.25, -0.2) is 0 Å². The molecule has 2 amide bonds. The van der Waals surface area contributed by atoms with Crippen LogP contribution in [0.4, 0.5) is 5.69 Å².